The van der Waals surface area contributed by atoms with E-state index in [9.17, 15) is 4.79 Å². The lowest BCUT2D eigenvalue weighted by Crippen LogP contribution is -2.38. The van der Waals surface area contributed by atoms with E-state index in [1.165, 1.54) is 0 Å². The molecule has 3 N–H and O–H groups in total. The van der Waals surface area contributed by atoms with Crippen LogP contribution in [0, 0.1) is 18.8 Å². The maximum atomic E-state index is 12.2. The van der Waals surface area contributed by atoms with Crippen LogP contribution in [0.3, 0.4) is 0 Å². The molecule has 4 nitrogen and oxygen atoms in total. The Kier molecular flexibility index (Phi) is 6.23. The quantitative estimate of drug-likeness (QED) is 0.804. The lowest BCUT2D eigenvalue weighted by Gasteiger charge is -2.20. The number of nitrogens with two attached hydrogens (primary N) is 1. The van der Waals surface area contributed by atoms with E-state index in [4.69, 9.17) is 5.73 Å². The fraction of sp³-hybridized carbons (Fsp3) is 0.438. The summed E-state index contributed by atoms with van der Waals surface area (Å²) in [6, 6.07) is 5.92. The molecule has 0 aliphatic rings. The van der Waals surface area contributed by atoms with Crippen LogP contribution in [0.5, 0.6) is 0 Å². The molecule has 0 radical (unpaired) electrons. The molecule has 1 rings (SSSR count). The van der Waals surface area contributed by atoms with Gasteiger partial charge in [-0.15, -0.1) is 0 Å². The standard InChI is InChI=1S/C16H23N3O/c1-12-7-8-15(14(10-12)6-5-9-17)16(20)18-11-13(2)19(3)4/h7-8,10,13H,9,11,17H2,1-4H3,(H,18,20). The third-order valence-electron chi connectivity index (χ3n) is 3.18. The molecular weight excluding hydrogens is 250 g/mol. The van der Waals surface area contributed by atoms with E-state index in [2.05, 4.69) is 29.0 Å². The van der Waals surface area contributed by atoms with Gasteiger partial charge in [-0.2, -0.15) is 0 Å². The molecule has 0 aromatic heterocycles. The highest BCUT2D eigenvalue weighted by molar-refractivity contribution is 5.96. The summed E-state index contributed by atoms with van der Waals surface area (Å²) in [5.74, 6) is 5.66. The molecule has 0 saturated carbocycles. The zero-order valence-corrected chi connectivity index (χ0v) is 12.7. The first-order chi connectivity index (χ1) is 9.45. The average Bonchev–Trinajstić information content (AvgIpc) is 2.42. The van der Waals surface area contributed by atoms with E-state index in [1.54, 1.807) is 0 Å². The topological polar surface area (TPSA) is 58.4 Å². The van der Waals surface area contributed by atoms with Crippen molar-refractivity contribution in [2.45, 2.75) is 19.9 Å². The minimum atomic E-state index is -0.0972. The number of amides is 1. The Hall–Kier alpha value is -1.83. The van der Waals surface area contributed by atoms with Crippen molar-refractivity contribution < 1.29 is 4.79 Å². The SMILES string of the molecule is Cc1ccc(C(=O)NCC(C)N(C)C)c(C#CCN)c1. The van der Waals surface area contributed by atoms with E-state index < -0.39 is 0 Å². The van der Waals surface area contributed by atoms with Gasteiger partial charge in [0.25, 0.3) is 5.91 Å². The normalized spacial score (nSPS) is 11.7. The Balaban J connectivity index is 2.87. The van der Waals surface area contributed by atoms with Crippen LogP contribution in [0.15, 0.2) is 18.2 Å². The van der Waals surface area contributed by atoms with Gasteiger partial charge in [-0.05, 0) is 45.6 Å². The van der Waals surface area contributed by atoms with Gasteiger partial charge in [-0.1, -0.05) is 17.9 Å². The fourth-order valence-electron chi connectivity index (χ4n) is 1.62. The van der Waals surface area contributed by atoms with Crippen LogP contribution in [0.2, 0.25) is 0 Å². The first kappa shape index (κ1) is 16.2. The van der Waals surface area contributed by atoms with Crippen molar-refractivity contribution in [3.05, 3.63) is 34.9 Å². The van der Waals surface area contributed by atoms with Crippen LogP contribution in [-0.2, 0) is 0 Å². The summed E-state index contributed by atoms with van der Waals surface area (Å²) in [5, 5.41) is 2.94. The number of nitrogens with zero attached hydrogens (tertiary/aromatic N) is 1. The highest BCUT2D eigenvalue weighted by Gasteiger charge is 2.12. The van der Waals surface area contributed by atoms with Gasteiger partial charge >= 0.3 is 0 Å². The van der Waals surface area contributed by atoms with Gasteiger partial charge in [0, 0.05) is 18.2 Å². The summed E-state index contributed by atoms with van der Waals surface area (Å²) in [4.78, 5) is 14.3. The zero-order chi connectivity index (χ0) is 15.1. The van der Waals surface area contributed by atoms with Crippen molar-refractivity contribution in [3.63, 3.8) is 0 Å². The van der Waals surface area contributed by atoms with E-state index in [1.807, 2.05) is 39.2 Å². The number of benzene rings is 1. The van der Waals surface area contributed by atoms with Gasteiger partial charge in [-0.3, -0.25) is 4.79 Å². The van der Waals surface area contributed by atoms with Crippen LogP contribution < -0.4 is 11.1 Å². The van der Waals surface area contributed by atoms with Gasteiger partial charge in [0.05, 0.1) is 12.1 Å². The van der Waals surface area contributed by atoms with Crippen molar-refractivity contribution in [1.29, 1.82) is 0 Å². The van der Waals surface area contributed by atoms with Gasteiger partial charge in [0.2, 0.25) is 0 Å². The minimum absolute atomic E-state index is 0.0972. The van der Waals surface area contributed by atoms with Crippen LogP contribution in [0.4, 0.5) is 0 Å². The predicted octanol–water partition coefficient (Wildman–Crippen LogP) is 0.985. The Labute approximate surface area is 121 Å². The molecule has 1 aromatic carbocycles. The van der Waals surface area contributed by atoms with Gasteiger partial charge < -0.3 is 16.0 Å². The molecule has 20 heavy (non-hydrogen) atoms. The molecule has 1 aromatic rings. The molecule has 4 heteroatoms. The number of hydrogen-bond acceptors (Lipinski definition) is 3. The van der Waals surface area contributed by atoms with Crippen LogP contribution in [0.1, 0.15) is 28.4 Å². The summed E-state index contributed by atoms with van der Waals surface area (Å²) in [6.07, 6.45) is 0. The molecule has 1 atom stereocenters. The van der Waals surface area contributed by atoms with Crippen molar-refractivity contribution in [2.75, 3.05) is 27.2 Å². The van der Waals surface area contributed by atoms with E-state index in [0.29, 0.717) is 12.1 Å². The Morgan fingerprint density at radius 1 is 1.45 bits per heavy atom. The Morgan fingerprint density at radius 2 is 2.15 bits per heavy atom. The van der Waals surface area contributed by atoms with Crippen molar-refractivity contribution in [3.8, 4) is 11.8 Å². The fourth-order valence-corrected chi connectivity index (χ4v) is 1.62. The second-order valence-electron chi connectivity index (χ2n) is 5.08. The third kappa shape index (κ3) is 4.69. The molecule has 1 unspecified atom stereocenters. The van der Waals surface area contributed by atoms with Gasteiger partial charge in [-0.25, -0.2) is 0 Å². The van der Waals surface area contributed by atoms with Crippen LogP contribution in [0.25, 0.3) is 0 Å². The first-order valence-corrected chi connectivity index (χ1v) is 6.70. The molecule has 0 fully saturated rings. The Morgan fingerprint density at radius 3 is 2.75 bits per heavy atom. The molecule has 108 valence electrons. The number of aryl methyl sites for hydroxylation is 1. The minimum Gasteiger partial charge on any atom is -0.350 e. The van der Waals surface area contributed by atoms with E-state index in [-0.39, 0.29) is 18.5 Å². The first-order valence-electron chi connectivity index (χ1n) is 6.70. The molecule has 0 aliphatic heterocycles. The molecule has 0 heterocycles. The van der Waals surface area contributed by atoms with Gasteiger partial charge in [0.15, 0.2) is 0 Å². The maximum Gasteiger partial charge on any atom is 0.252 e. The number of carbonyl (C=O) groups excluding carboxylic acids is 1. The summed E-state index contributed by atoms with van der Waals surface area (Å²) in [6.45, 7) is 4.92. The lowest BCUT2D eigenvalue weighted by atomic mass is 10.0. The smallest absolute Gasteiger partial charge is 0.252 e. The number of rotatable bonds is 4. The lowest BCUT2D eigenvalue weighted by molar-refractivity contribution is 0.0943. The predicted molar refractivity (Wildman–Crippen MR) is 82.6 cm³/mol. The van der Waals surface area contributed by atoms with Crippen molar-refractivity contribution >= 4 is 5.91 Å². The van der Waals surface area contributed by atoms with E-state index >= 15 is 0 Å². The summed E-state index contributed by atoms with van der Waals surface area (Å²) < 4.78 is 0. The summed E-state index contributed by atoms with van der Waals surface area (Å²) in [5.41, 5.74) is 7.79. The summed E-state index contributed by atoms with van der Waals surface area (Å²) in [7, 11) is 3.97. The number of hydrogen-bond donors (Lipinski definition) is 2. The maximum absolute atomic E-state index is 12.2. The zero-order valence-electron chi connectivity index (χ0n) is 12.7. The largest absolute Gasteiger partial charge is 0.350 e. The van der Waals surface area contributed by atoms with Gasteiger partial charge in [0.1, 0.15) is 0 Å². The van der Waals surface area contributed by atoms with E-state index in [0.717, 1.165) is 11.1 Å². The third-order valence-corrected chi connectivity index (χ3v) is 3.18. The van der Waals surface area contributed by atoms with Crippen LogP contribution in [-0.4, -0.2) is 44.0 Å². The van der Waals surface area contributed by atoms with Crippen LogP contribution >= 0.6 is 0 Å². The molecule has 1 amide bonds. The second-order valence-corrected chi connectivity index (χ2v) is 5.08. The highest BCUT2D eigenvalue weighted by Crippen LogP contribution is 2.10. The molecule has 0 aliphatic carbocycles. The molecule has 0 bridgehead atoms. The monoisotopic (exact) mass is 273 g/mol. The number of carbonyl (C=O) groups is 1. The average molecular weight is 273 g/mol. The Bertz CT molecular complexity index is 526. The van der Waals surface area contributed by atoms with Crippen molar-refractivity contribution in [2.24, 2.45) is 5.73 Å². The molecule has 0 spiro atoms. The number of likely N-dealkylation sites (N-methyl/N-ethyl adjacent to an activating group) is 1. The molecule has 0 saturated heterocycles. The summed E-state index contributed by atoms with van der Waals surface area (Å²) >= 11 is 0. The van der Waals surface area contributed by atoms with Crippen molar-refractivity contribution in [1.82, 2.24) is 10.2 Å². The highest BCUT2D eigenvalue weighted by atomic mass is 16.1. The second kappa shape index (κ2) is 7.68. The molecular formula is C16H23N3O. The number of nitrogens with one attached hydrogen (secondary N) is 1.